The lowest BCUT2D eigenvalue weighted by atomic mass is 10.0. The average Bonchev–Trinajstić information content (AvgIpc) is 2.59. The van der Waals surface area contributed by atoms with E-state index in [0.717, 1.165) is 23.8 Å². The van der Waals surface area contributed by atoms with Crippen molar-refractivity contribution in [1.29, 1.82) is 0 Å². The fourth-order valence-corrected chi connectivity index (χ4v) is 2.65. The van der Waals surface area contributed by atoms with E-state index in [2.05, 4.69) is 31.0 Å². The maximum absolute atomic E-state index is 3.49. The molecule has 2 heteroatoms. The normalized spacial score (nSPS) is 36.9. The van der Waals surface area contributed by atoms with Gasteiger partial charge in [0.1, 0.15) is 0 Å². The summed E-state index contributed by atoms with van der Waals surface area (Å²) in [6, 6.07) is 0.769. The lowest BCUT2D eigenvalue weighted by molar-refractivity contribution is 0.194. The van der Waals surface area contributed by atoms with Gasteiger partial charge in [-0.05, 0) is 37.8 Å². The van der Waals surface area contributed by atoms with Crippen LogP contribution in [0.25, 0.3) is 0 Å². The van der Waals surface area contributed by atoms with Crippen molar-refractivity contribution in [3.05, 3.63) is 0 Å². The molecule has 2 aliphatic rings. The van der Waals surface area contributed by atoms with E-state index < -0.39 is 0 Å². The highest BCUT2D eigenvalue weighted by atomic mass is 15.2. The lowest BCUT2D eigenvalue weighted by Crippen LogP contribution is -2.36. The van der Waals surface area contributed by atoms with Crippen LogP contribution in [-0.2, 0) is 0 Å². The van der Waals surface area contributed by atoms with E-state index in [1.807, 2.05) is 0 Å². The number of fused-ring (bicyclic) bond motifs is 1. The molecule has 0 radical (unpaired) electrons. The van der Waals surface area contributed by atoms with Crippen LogP contribution < -0.4 is 5.32 Å². The van der Waals surface area contributed by atoms with Crippen LogP contribution in [0.5, 0.6) is 0 Å². The number of nitrogens with zero attached hydrogens (tertiary/aromatic N) is 1. The molecule has 76 valence electrons. The lowest BCUT2D eigenvalue weighted by Gasteiger charge is -2.28. The molecule has 3 atom stereocenters. The van der Waals surface area contributed by atoms with Crippen molar-refractivity contribution in [2.45, 2.75) is 26.8 Å². The van der Waals surface area contributed by atoms with Crippen LogP contribution in [0.1, 0.15) is 20.8 Å². The Bertz CT molecular complexity index is 167. The quantitative estimate of drug-likeness (QED) is 0.690. The highest BCUT2D eigenvalue weighted by molar-refractivity contribution is 4.93. The molecule has 2 fully saturated rings. The van der Waals surface area contributed by atoms with Crippen LogP contribution in [-0.4, -0.2) is 37.1 Å². The highest BCUT2D eigenvalue weighted by Gasteiger charge is 2.37. The zero-order valence-corrected chi connectivity index (χ0v) is 9.09. The summed E-state index contributed by atoms with van der Waals surface area (Å²) in [7, 11) is 0. The van der Waals surface area contributed by atoms with Gasteiger partial charge in [-0.1, -0.05) is 13.8 Å². The van der Waals surface area contributed by atoms with Gasteiger partial charge in [-0.25, -0.2) is 0 Å². The topological polar surface area (TPSA) is 15.3 Å². The number of hydrogen-bond acceptors (Lipinski definition) is 2. The zero-order chi connectivity index (χ0) is 9.42. The molecule has 0 aromatic carbocycles. The van der Waals surface area contributed by atoms with E-state index in [4.69, 9.17) is 0 Å². The first-order valence-corrected chi connectivity index (χ1v) is 5.63. The van der Waals surface area contributed by atoms with Crippen LogP contribution in [0.3, 0.4) is 0 Å². The van der Waals surface area contributed by atoms with Gasteiger partial charge in [-0.2, -0.15) is 0 Å². The van der Waals surface area contributed by atoms with Gasteiger partial charge in [-0.15, -0.1) is 0 Å². The van der Waals surface area contributed by atoms with Crippen LogP contribution in [0.4, 0.5) is 0 Å². The SMILES string of the molecule is CC(C)C(C)N1C[C@H]2CNC[C@H]2C1. The third-order valence-corrected chi connectivity index (χ3v) is 3.96. The summed E-state index contributed by atoms with van der Waals surface area (Å²) in [6.07, 6.45) is 0. The average molecular weight is 182 g/mol. The third-order valence-electron chi connectivity index (χ3n) is 3.96. The van der Waals surface area contributed by atoms with E-state index in [1.54, 1.807) is 0 Å². The van der Waals surface area contributed by atoms with Gasteiger partial charge in [0.25, 0.3) is 0 Å². The van der Waals surface area contributed by atoms with Gasteiger partial charge in [0.2, 0.25) is 0 Å². The molecule has 2 saturated heterocycles. The maximum Gasteiger partial charge on any atom is 0.00901 e. The minimum atomic E-state index is 0.769. The van der Waals surface area contributed by atoms with E-state index in [9.17, 15) is 0 Å². The molecule has 2 rings (SSSR count). The predicted molar refractivity (Wildman–Crippen MR) is 55.7 cm³/mol. The van der Waals surface area contributed by atoms with Crippen LogP contribution in [0.15, 0.2) is 0 Å². The van der Waals surface area contributed by atoms with Crippen molar-refractivity contribution >= 4 is 0 Å². The Morgan fingerprint density at radius 1 is 1.08 bits per heavy atom. The molecule has 0 aromatic rings. The van der Waals surface area contributed by atoms with Gasteiger partial charge in [0, 0.05) is 19.1 Å². The fourth-order valence-electron chi connectivity index (χ4n) is 2.65. The molecule has 0 saturated carbocycles. The summed E-state index contributed by atoms with van der Waals surface area (Å²) in [5, 5.41) is 3.49. The van der Waals surface area contributed by atoms with E-state index in [1.165, 1.54) is 26.2 Å². The van der Waals surface area contributed by atoms with E-state index >= 15 is 0 Å². The van der Waals surface area contributed by atoms with Gasteiger partial charge in [0.05, 0.1) is 0 Å². The summed E-state index contributed by atoms with van der Waals surface area (Å²) in [5.74, 6) is 2.69. The number of hydrogen-bond donors (Lipinski definition) is 1. The Morgan fingerprint density at radius 3 is 2.08 bits per heavy atom. The van der Waals surface area contributed by atoms with Crippen molar-refractivity contribution in [2.75, 3.05) is 26.2 Å². The van der Waals surface area contributed by atoms with Gasteiger partial charge in [0.15, 0.2) is 0 Å². The molecule has 1 unspecified atom stereocenters. The summed E-state index contributed by atoms with van der Waals surface area (Å²) in [5.41, 5.74) is 0. The second kappa shape index (κ2) is 3.58. The van der Waals surface area contributed by atoms with Crippen LogP contribution in [0.2, 0.25) is 0 Å². The molecule has 0 spiro atoms. The molecule has 0 aromatic heterocycles. The Hall–Kier alpha value is -0.0800. The van der Waals surface area contributed by atoms with Crippen molar-refractivity contribution in [3.8, 4) is 0 Å². The first-order valence-electron chi connectivity index (χ1n) is 5.63. The first-order chi connectivity index (χ1) is 6.18. The second-order valence-electron chi connectivity index (χ2n) is 5.12. The van der Waals surface area contributed by atoms with Crippen molar-refractivity contribution in [3.63, 3.8) is 0 Å². The van der Waals surface area contributed by atoms with E-state index in [0.29, 0.717) is 0 Å². The zero-order valence-electron chi connectivity index (χ0n) is 9.09. The number of nitrogens with one attached hydrogen (secondary N) is 1. The van der Waals surface area contributed by atoms with Gasteiger partial charge < -0.3 is 5.32 Å². The fraction of sp³-hybridized carbons (Fsp3) is 1.00. The van der Waals surface area contributed by atoms with E-state index in [-0.39, 0.29) is 0 Å². The molecule has 0 bridgehead atoms. The molecule has 2 heterocycles. The summed E-state index contributed by atoms with van der Waals surface area (Å²) >= 11 is 0. The molecule has 13 heavy (non-hydrogen) atoms. The molecule has 1 N–H and O–H groups in total. The third kappa shape index (κ3) is 1.75. The Labute approximate surface area is 81.7 Å². The Kier molecular flexibility index (Phi) is 2.61. The Morgan fingerprint density at radius 2 is 1.62 bits per heavy atom. The monoisotopic (exact) mass is 182 g/mol. The number of rotatable bonds is 2. The van der Waals surface area contributed by atoms with Gasteiger partial charge >= 0.3 is 0 Å². The molecule has 2 aliphatic heterocycles. The van der Waals surface area contributed by atoms with Crippen LogP contribution >= 0.6 is 0 Å². The molecule has 0 aliphatic carbocycles. The van der Waals surface area contributed by atoms with Crippen molar-refractivity contribution in [2.24, 2.45) is 17.8 Å². The standard InChI is InChI=1S/C11H22N2/c1-8(2)9(3)13-6-10-4-12-5-11(10)7-13/h8-12H,4-7H2,1-3H3/t9?,10-,11+. The van der Waals surface area contributed by atoms with Crippen LogP contribution in [0, 0.1) is 17.8 Å². The minimum Gasteiger partial charge on any atom is -0.316 e. The molecule has 2 nitrogen and oxygen atoms in total. The largest absolute Gasteiger partial charge is 0.316 e. The second-order valence-corrected chi connectivity index (χ2v) is 5.12. The number of likely N-dealkylation sites (tertiary alicyclic amines) is 1. The van der Waals surface area contributed by atoms with Crippen molar-refractivity contribution in [1.82, 2.24) is 10.2 Å². The first kappa shape index (κ1) is 9.47. The Balaban J connectivity index is 1.91. The molecule has 0 amide bonds. The predicted octanol–water partition coefficient (Wildman–Crippen LogP) is 1.18. The van der Waals surface area contributed by atoms with Crippen molar-refractivity contribution < 1.29 is 0 Å². The summed E-state index contributed by atoms with van der Waals surface area (Å²) < 4.78 is 0. The minimum absolute atomic E-state index is 0.769. The molecular weight excluding hydrogens is 160 g/mol. The van der Waals surface area contributed by atoms with Gasteiger partial charge in [-0.3, -0.25) is 4.90 Å². The summed E-state index contributed by atoms with van der Waals surface area (Å²) in [6.45, 7) is 12.2. The summed E-state index contributed by atoms with van der Waals surface area (Å²) in [4.78, 5) is 2.68. The highest BCUT2D eigenvalue weighted by Crippen LogP contribution is 2.29. The maximum atomic E-state index is 3.49. The molecular formula is C11H22N2. The smallest absolute Gasteiger partial charge is 0.00901 e.